The van der Waals surface area contributed by atoms with E-state index in [1.54, 1.807) is 31.3 Å². The Morgan fingerprint density at radius 3 is 2.32 bits per heavy atom. The molecular formula is C24H30INO5. The first-order valence-electron chi connectivity index (χ1n) is 10.0. The number of rotatable bonds is 10. The van der Waals surface area contributed by atoms with E-state index < -0.39 is 17.0 Å². The Labute approximate surface area is 198 Å². The minimum Gasteiger partial charge on any atom is -0.468 e. The maximum atomic E-state index is 12.6. The molecule has 0 heterocycles. The van der Waals surface area contributed by atoms with Gasteiger partial charge < -0.3 is 14.3 Å². The number of nitrogens with zero attached hydrogens (tertiary/aromatic N) is 1. The van der Waals surface area contributed by atoms with Gasteiger partial charge in [-0.2, -0.15) is 0 Å². The molecule has 1 atom stereocenters. The Morgan fingerprint density at radius 1 is 1.03 bits per heavy atom. The number of hydrogen-bond donors (Lipinski definition) is 0. The van der Waals surface area contributed by atoms with E-state index in [-0.39, 0.29) is 5.97 Å². The van der Waals surface area contributed by atoms with Crippen LogP contribution in [-0.4, -0.2) is 49.9 Å². The highest BCUT2D eigenvalue weighted by Crippen LogP contribution is 2.31. The van der Waals surface area contributed by atoms with Gasteiger partial charge in [0.1, 0.15) is 0 Å². The van der Waals surface area contributed by atoms with Crippen LogP contribution in [-0.2, 0) is 24.5 Å². The number of benzene rings is 2. The number of carbonyl (C=O) groups excluding carboxylic acids is 2. The Bertz CT molecular complexity index is 887. The number of halogens is 1. The van der Waals surface area contributed by atoms with Crippen molar-refractivity contribution in [1.29, 1.82) is 0 Å². The van der Waals surface area contributed by atoms with Crippen molar-refractivity contribution in [2.75, 3.05) is 27.3 Å². The largest absolute Gasteiger partial charge is 0.468 e. The van der Waals surface area contributed by atoms with Gasteiger partial charge in [-0.25, -0.2) is 4.79 Å². The van der Waals surface area contributed by atoms with Crippen molar-refractivity contribution in [2.45, 2.75) is 38.2 Å². The fraction of sp³-hybridized carbons (Fsp3) is 0.417. The van der Waals surface area contributed by atoms with Crippen LogP contribution in [0.5, 0.6) is 0 Å². The molecule has 0 spiro atoms. The first-order chi connectivity index (χ1) is 14.6. The minimum absolute atomic E-state index is 0.301. The van der Waals surface area contributed by atoms with Crippen LogP contribution in [0.1, 0.15) is 43.1 Å². The van der Waals surface area contributed by atoms with Gasteiger partial charge in [-0.1, -0.05) is 30.3 Å². The number of ether oxygens (including phenoxy) is 2. The Hall–Kier alpha value is -1.97. The first kappa shape index (κ1) is 25.3. The number of hydroxylamine groups is 2. The van der Waals surface area contributed by atoms with E-state index >= 15 is 0 Å². The van der Waals surface area contributed by atoms with Crippen molar-refractivity contribution >= 4 is 34.5 Å². The van der Waals surface area contributed by atoms with Gasteiger partial charge in [0, 0.05) is 17.2 Å². The molecule has 0 aliphatic heterocycles. The third kappa shape index (κ3) is 7.29. The normalized spacial score (nSPS) is 13.5. The van der Waals surface area contributed by atoms with Crippen molar-refractivity contribution in [1.82, 2.24) is 5.06 Å². The second kappa shape index (κ2) is 11.1. The molecule has 0 aromatic heterocycles. The van der Waals surface area contributed by atoms with Gasteiger partial charge >= 0.3 is 11.9 Å². The first-order valence-corrected chi connectivity index (χ1v) is 11.1. The molecule has 0 amide bonds. The summed E-state index contributed by atoms with van der Waals surface area (Å²) in [5.41, 5.74) is -0.0491. The lowest BCUT2D eigenvalue weighted by atomic mass is 9.79. The van der Waals surface area contributed by atoms with Crippen LogP contribution >= 0.6 is 22.6 Å². The summed E-state index contributed by atoms with van der Waals surface area (Å²) in [7, 11) is 3.09. The molecule has 0 fully saturated rings. The van der Waals surface area contributed by atoms with Crippen LogP contribution in [0.15, 0.2) is 54.6 Å². The van der Waals surface area contributed by atoms with Crippen molar-refractivity contribution < 1.29 is 23.9 Å². The smallest absolute Gasteiger partial charge is 0.357 e. The average molecular weight is 539 g/mol. The summed E-state index contributed by atoms with van der Waals surface area (Å²) in [4.78, 5) is 30.2. The maximum absolute atomic E-state index is 12.6. The Kier molecular flexibility index (Phi) is 9.02. The van der Waals surface area contributed by atoms with Crippen LogP contribution < -0.4 is 0 Å². The van der Waals surface area contributed by atoms with Gasteiger partial charge in [-0.05, 0) is 79.6 Å². The second-order valence-corrected chi connectivity index (χ2v) is 9.47. The summed E-state index contributed by atoms with van der Waals surface area (Å²) >= 11 is 2.23. The number of methoxy groups -OCH3 is 1. The van der Waals surface area contributed by atoms with E-state index in [9.17, 15) is 9.59 Å². The third-order valence-corrected chi connectivity index (χ3v) is 5.72. The molecule has 0 aliphatic rings. The van der Waals surface area contributed by atoms with E-state index in [4.69, 9.17) is 14.3 Å². The predicted molar refractivity (Wildman–Crippen MR) is 128 cm³/mol. The molecule has 1 unspecified atom stereocenters. The molecule has 168 valence electrons. The molecular weight excluding hydrogens is 509 g/mol. The summed E-state index contributed by atoms with van der Waals surface area (Å²) in [6.07, 6.45) is 0.455. The molecule has 2 rings (SSSR count). The quantitative estimate of drug-likeness (QED) is 0.250. The molecule has 0 bridgehead atoms. The maximum Gasteiger partial charge on any atom is 0.357 e. The molecule has 0 aliphatic carbocycles. The summed E-state index contributed by atoms with van der Waals surface area (Å²) < 4.78 is 12.2. The second-order valence-electron chi connectivity index (χ2n) is 8.22. The van der Waals surface area contributed by atoms with Crippen molar-refractivity contribution in [3.8, 4) is 0 Å². The molecule has 7 heteroatoms. The zero-order valence-corrected chi connectivity index (χ0v) is 20.8. The van der Waals surface area contributed by atoms with Gasteiger partial charge in [-0.3, -0.25) is 4.79 Å². The van der Waals surface area contributed by atoms with E-state index in [1.165, 1.54) is 12.2 Å². The lowest BCUT2D eigenvalue weighted by molar-refractivity contribution is -0.152. The number of esters is 1. The third-order valence-electron chi connectivity index (χ3n) is 5.04. The van der Waals surface area contributed by atoms with Crippen molar-refractivity contribution in [2.24, 2.45) is 0 Å². The number of likely N-dealkylation sites (N-methyl/N-ethyl adjacent to an activating group) is 1. The summed E-state index contributed by atoms with van der Waals surface area (Å²) in [6, 6.07) is 16.7. The van der Waals surface area contributed by atoms with Crippen LogP contribution in [0.2, 0.25) is 0 Å². The molecule has 0 saturated carbocycles. The van der Waals surface area contributed by atoms with E-state index in [2.05, 4.69) is 22.6 Å². The summed E-state index contributed by atoms with van der Waals surface area (Å²) in [5.74, 6) is -0.722. The monoisotopic (exact) mass is 539 g/mol. The van der Waals surface area contributed by atoms with Gasteiger partial charge in [-0.15, -0.1) is 5.06 Å². The van der Waals surface area contributed by atoms with E-state index in [0.717, 1.165) is 9.13 Å². The average Bonchev–Trinajstić information content (AvgIpc) is 2.72. The van der Waals surface area contributed by atoms with Crippen molar-refractivity contribution in [3.63, 3.8) is 0 Å². The highest BCUT2D eigenvalue weighted by Gasteiger charge is 2.37. The highest BCUT2D eigenvalue weighted by molar-refractivity contribution is 14.1. The number of hydrogen-bond acceptors (Lipinski definition) is 6. The Morgan fingerprint density at radius 2 is 1.71 bits per heavy atom. The minimum atomic E-state index is -0.822. The summed E-state index contributed by atoms with van der Waals surface area (Å²) in [5, 5.41) is 1.47. The lowest BCUT2D eigenvalue weighted by Gasteiger charge is -2.32. The molecule has 2 aromatic rings. The highest BCUT2D eigenvalue weighted by atomic mass is 127. The predicted octanol–water partition coefficient (Wildman–Crippen LogP) is 4.61. The zero-order valence-electron chi connectivity index (χ0n) is 18.7. The molecule has 31 heavy (non-hydrogen) atoms. The van der Waals surface area contributed by atoms with Gasteiger partial charge in [0.15, 0.2) is 0 Å². The Balaban J connectivity index is 1.96. The molecule has 2 aromatic carbocycles. The van der Waals surface area contributed by atoms with Crippen LogP contribution in [0, 0.1) is 3.57 Å². The van der Waals surface area contributed by atoms with E-state index in [1.807, 2.05) is 51.1 Å². The number of carbonyl (C=O) groups is 2. The van der Waals surface area contributed by atoms with Crippen LogP contribution in [0.4, 0.5) is 0 Å². The molecule has 0 radical (unpaired) electrons. The van der Waals surface area contributed by atoms with E-state index in [0.29, 0.717) is 25.1 Å². The van der Waals surface area contributed by atoms with Gasteiger partial charge in [0.25, 0.3) is 0 Å². The van der Waals surface area contributed by atoms with Crippen LogP contribution in [0.3, 0.4) is 0 Å². The van der Waals surface area contributed by atoms with Crippen molar-refractivity contribution in [3.05, 3.63) is 69.3 Å². The molecule has 6 nitrogen and oxygen atoms in total. The van der Waals surface area contributed by atoms with Gasteiger partial charge in [0.2, 0.25) is 0 Å². The molecule has 0 N–H and O–H groups in total. The van der Waals surface area contributed by atoms with Crippen LogP contribution in [0.25, 0.3) is 0 Å². The fourth-order valence-corrected chi connectivity index (χ4v) is 3.88. The summed E-state index contributed by atoms with van der Waals surface area (Å²) in [6.45, 7) is 6.41. The fourth-order valence-electron chi connectivity index (χ4n) is 3.34. The lowest BCUT2D eigenvalue weighted by Crippen LogP contribution is -2.41. The topological polar surface area (TPSA) is 65.1 Å². The standard InChI is InChI=1S/C24H30INO5/c1-23(2,17-26(4)31-21(27)18-10-7-6-8-11-18)30-15-14-24(3,22(28)29-5)19-12-9-13-20(25)16-19/h6-13,16H,14-15,17H2,1-5H3. The van der Waals surface area contributed by atoms with Gasteiger partial charge in [0.05, 0.1) is 30.2 Å². The SMILES string of the molecule is COC(=O)C(C)(CCOC(C)(C)CN(C)OC(=O)c1ccccc1)c1cccc(I)c1. The zero-order chi connectivity index (χ0) is 23.1. The molecule has 0 saturated heterocycles.